The van der Waals surface area contributed by atoms with Gasteiger partial charge in [-0.05, 0) is 49.1 Å². The molecule has 154 valence electrons. The molecular weight excluding hydrogens is 382 g/mol. The predicted molar refractivity (Wildman–Crippen MR) is 109 cm³/mol. The molecule has 2 heterocycles. The third-order valence-electron chi connectivity index (χ3n) is 5.68. The average molecular weight is 410 g/mol. The van der Waals surface area contributed by atoms with Crippen molar-refractivity contribution in [3.8, 4) is 0 Å². The van der Waals surface area contributed by atoms with Crippen molar-refractivity contribution in [2.24, 2.45) is 11.3 Å². The molecular formula is C19H28ClN5O3. The van der Waals surface area contributed by atoms with Crippen molar-refractivity contribution in [2.75, 3.05) is 17.6 Å². The maximum atomic E-state index is 12.9. The molecule has 0 atom stereocenters. The molecule has 1 saturated heterocycles. The van der Waals surface area contributed by atoms with Crippen LogP contribution in [0.15, 0.2) is 18.3 Å². The lowest BCUT2D eigenvalue weighted by Crippen LogP contribution is -2.50. The summed E-state index contributed by atoms with van der Waals surface area (Å²) in [6.45, 7) is 6.29. The molecule has 28 heavy (non-hydrogen) atoms. The number of carbonyl (C=O) groups excluding carboxylic acids is 3. The molecule has 4 N–H and O–H groups in total. The van der Waals surface area contributed by atoms with Crippen LogP contribution in [-0.2, 0) is 9.59 Å². The summed E-state index contributed by atoms with van der Waals surface area (Å²) in [6.07, 6.45) is 4.41. The molecule has 2 fully saturated rings. The number of amides is 4. The van der Waals surface area contributed by atoms with E-state index in [1.165, 1.54) is 6.20 Å². The number of urea groups is 1. The van der Waals surface area contributed by atoms with Gasteiger partial charge in [-0.25, -0.2) is 9.78 Å². The monoisotopic (exact) mass is 409 g/mol. The minimum Gasteiger partial charge on any atom is -0.384 e. The van der Waals surface area contributed by atoms with Gasteiger partial charge in [0.15, 0.2) is 0 Å². The Morgan fingerprint density at radius 3 is 2.50 bits per heavy atom. The Morgan fingerprint density at radius 1 is 1.32 bits per heavy atom. The average Bonchev–Trinajstić information content (AvgIpc) is 2.81. The summed E-state index contributed by atoms with van der Waals surface area (Å²) in [4.78, 5) is 42.4. The molecule has 0 aromatic carbocycles. The molecule has 1 saturated carbocycles. The number of nitrogens with zero attached hydrogens (tertiary/aromatic N) is 2. The molecule has 1 aliphatic carbocycles. The van der Waals surface area contributed by atoms with Gasteiger partial charge in [0.05, 0.1) is 11.9 Å². The van der Waals surface area contributed by atoms with Crippen LogP contribution in [0, 0.1) is 11.3 Å². The lowest BCUT2D eigenvalue weighted by atomic mass is 9.67. The van der Waals surface area contributed by atoms with Crippen LogP contribution in [0.3, 0.4) is 0 Å². The fourth-order valence-corrected chi connectivity index (χ4v) is 3.96. The molecule has 8 nitrogen and oxygen atoms in total. The van der Waals surface area contributed by atoms with Gasteiger partial charge in [-0.1, -0.05) is 20.8 Å². The van der Waals surface area contributed by atoms with Gasteiger partial charge < -0.3 is 16.4 Å². The Labute approximate surface area is 171 Å². The SMILES string of the molecule is CC(C)(C)C1CCC2(CC1)NC(=O)N(CC(=O)Nc1ccc(N)nc1)C2=O.Cl. The number of pyridine rings is 1. The maximum Gasteiger partial charge on any atom is 0.325 e. The molecule has 1 aromatic rings. The molecule has 3 rings (SSSR count). The maximum absolute atomic E-state index is 12.9. The third-order valence-corrected chi connectivity index (χ3v) is 5.68. The van der Waals surface area contributed by atoms with Crippen LogP contribution in [0.25, 0.3) is 0 Å². The van der Waals surface area contributed by atoms with Crippen molar-refractivity contribution in [3.63, 3.8) is 0 Å². The van der Waals surface area contributed by atoms with Crippen molar-refractivity contribution in [1.82, 2.24) is 15.2 Å². The van der Waals surface area contributed by atoms with Gasteiger partial charge in [-0.2, -0.15) is 0 Å². The summed E-state index contributed by atoms with van der Waals surface area (Å²) in [5.74, 6) is 0.106. The standard InChI is InChI=1S/C19H27N5O3.ClH/c1-18(2,3)12-6-8-19(9-7-12)16(26)24(17(27)23-19)11-15(25)22-13-4-5-14(20)21-10-13;/h4-5,10,12H,6-9,11H2,1-3H3,(H2,20,21)(H,22,25)(H,23,27);1H. The van der Waals surface area contributed by atoms with Crippen LogP contribution in [0.4, 0.5) is 16.3 Å². The Hall–Kier alpha value is -2.35. The van der Waals surface area contributed by atoms with Gasteiger partial charge in [0.2, 0.25) is 5.91 Å². The Morgan fingerprint density at radius 2 is 1.96 bits per heavy atom. The van der Waals surface area contributed by atoms with Gasteiger partial charge >= 0.3 is 6.03 Å². The first kappa shape index (κ1) is 21.9. The zero-order valence-electron chi connectivity index (χ0n) is 16.4. The van der Waals surface area contributed by atoms with E-state index >= 15 is 0 Å². The summed E-state index contributed by atoms with van der Waals surface area (Å²) < 4.78 is 0. The number of aromatic nitrogens is 1. The van der Waals surface area contributed by atoms with E-state index in [0.717, 1.165) is 17.7 Å². The second-order valence-corrected chi connectivity index (χ2v) is 8.56. The van der Waals surface area contributed by atoms with E-state index in [1.807, 2.05) is 0 Å². The normalized spacial score (nSPS) is 24.7. The largest absolute Gasteiger partial charge is 0.384 e. The van der Waals surface area contributed by atoms with E-state index in [-0.39, 0.29) is 30.3 Å². The predicted octanol–water partition coefficient (Wildman–Crippen LogP) is 2.55. The topological polar surface area (TPSA) is 117 Å². The van der Waals surface area contributed by atoms with Crippen molar-refractivity contribution in [3.05, 3.63) is 18.3 Å². The summed E-state index contributed by atoms with van der Waals surface area (Å²) in [5.41, 5.74) is 5.29. The third kappa shape index (κ3) is 4.38. The van der Waals surface area contributed by atoms with E-state index in [1.54, 1.807) is 12.1 Å². The molecule has 1 aliphatic heterocycles. The Kier molecular flexibility index (Phi) is 6.23. The zero-order chi connectivity index (χ0) is 19.8. The molecule has 4 amide bonds. The highest BCUT2D eigenvalue weighted by molar-refractivity contribution is 6.10. The summed E-state index contributed by atoms with van der Waals surface area (Å²) in [5, 5.41) is 5.47. The number of halogens is 1. The molecule has 1 spiro atoms. The second-order valence-electron chi connectivity index (χ2n) is 8.56. The number of nitrogens with one attached hydrogen (secondary N) is 2. The highest BCUT2D eigenvalue weighted by atomic mass is 35.5. The van der Waals surface area contributed by atoms with Crippen LogP contribution in [0.1, 0.15) is 46.5 Å². The Balaban J connectivity index is 0.00000280. The van der Waals surface area contributed by atoms with Crippen LogP contribution >= 0.6 is 12.4 Å². The first-order valence-corrected chi connectivity index (χ1v) is 9.26. The van der Waals surface area contributed by atoms with Gasteiger partial charge in [0.25, 0.3) is 5.91 Å². The number of nitrogens with two attached hydrogens (primary N) is 1. The smallest absolute Gasteiger partial charge is 0.325 e. The molecule has 9 heteroatoms. The highest BCUT2D eigenvalue weighted by Gasteiger charge is 2.53. The molecule has 0 bridgehead atoms. The van der Waals surface area contributed by atoms with Gasteiger partial charge in [-0.15, -0.1) is 12.4 Å². The second kappa shape index (κ2) is 7.95. The van der Waals surface area contributed by atoms with Crippen LogP contribution in [0.2, 0.25) is 0 Å². The van der Waals surface area contributed by atoms with Crippen molar-refractivity contribution in [2.45, 2.75) is 52.0 Å². The quantitative estimate of drug-likeness (QED) is 0.663. The minimum absolute atomic E-state index is 0. The lowest BCUT2D eigenvalue weighted by Gasteiger charge is -2.40. The van der Waals surface area contributed by atoms with E-state index < -0.39 is 17.5 Å². The summed E-state index contributed by atoms with van der Waals surface area (Å²) in [6, 6.07) is 2.67. The molecule has 1 aromatic heterocycles. The minimum atomic E-state index is -0.859. The highest BCUT2D eigenvalue weighted by Crippen LogP contribution is 2.43. The summed E-state index contributed by atoms with van der Waals surface area (Å²) >= 11 is 0. The van der Waals surface area contributed by atoms with Crippen LogP contribution in [0.5, 0.6) is 0 Å². The molecule has 2 aliphatic rings. The first-order valence-electron chi connectivity index (χ1n) is 9.26. The van der Waals surface area contributed by atoms with E-state index in [2.05, 4.69) is 36.4 Å². The number of anilines is 2. The van der Waals surface area contributed by atoms with Crippen molar-refractivity contribution >= 4 is 41.8 Å². The fraction of sp³-hybridized carbons (Fsp3) is 0.579. The number of hydrogen-bond acceptors (Lipinski definition) is 5. The van der Waals surface area contributed by atoms with E-state index in [4.69, 9.17) is 5.73 Å². The van der Waals surface area contributed by atoms with Crippen LogP contribution < -0.4 is 16.4 Å². The van der Waals surface area contributed by atoms with E-state index in [0.29, 0.717) is 30.3 Å². The number of carbonyl (C=O) groups is 3. The van der Waals surface area contributed by atoms with Gasteiger partial charge in [0.1, 0.15) is 17.9 Å². The number of hydrogen-bond donors (Lipinski definition) is 3. The first-order chi connectivity index (χ1) is 12.6. The van der Waals surface area contributed by atoms with Crippen LogP contribution in [-0.4, -0.2) is 39.8 Å². The number of imide groups is 1. The molecule has 0 unspecified atom stereocenters. The van der Waals surface area contributed by atoms with Crippen molar-refractivity contribution in [1.29, 1.82) is 0 Å². The number of nitrogen functional groups attached to an aromatic ring is 1. The van der Waals surface area contributed by atoms with E-state index in [9.17, 15) is 14.4 Å². The number of rotatable bonds is 3. The fourth-order valence-electron chi connectivity index (χ4n) is 3.96. The van der Waals surface area contributed by atoms with Crippen molar-refractivity contribution < 1.29 is 14.4 Å². The zero-order valence-corrected chi connectivity index (χ0v) is 17.3. The Bertz CT molecular complexity index is 752. The van der Waals surface area contributed by atoms with Gasteiger partial charge in [-0.3, -0.25) is 14.5 Å². The van der Waals surface area contributed by atoms with Gasteiger partial charge in [0, 0.05) is 0 Å². The lowest BCUT2D eigenvalue weighted by molar-refractivity contribution is -0.135. The molecule has 0 radical (unpaired) electrons. The summed E-state index contributed by atoms with van der Waals surface area (Å²) in [7, 11) is 0.